The first-order valence-corrected chi connectivity index (χ1v) is 5.87. The fourth-order valence-electron chi connectivity index (χ4n) is 1.56. The summed E-state index contributed by atoms with van der Waals surface area (Å²) in [5, 5.41) is 12.0. The van der Waals surface area contributed by atoms with Gasteiger partial charge in [-0.15, -0.1) is 11.3 Å². The number of methoxy groups -OCH3 is 1. The Morgan fingerprint density at radius 1 is 1.50 bits per heavy atom. The summed E-state index contributed by atoms with van der Waals surface area (Å²) in [6.07, 6.45) is 3.52. The number of aromatic nitrogens is 1. The lowest BCUT2D eigenvalue weighted by Gasteiger charge is -2.10. The molecule has 2 rings (SSSR count). The van der Waals surface area contributed by atoms with E-state index in [1.807, 2.05) is 23.6 Å². The first-order valence-electron chi connectivity index (χ1n) is 4.99. The lowest BCUT2D eigenvalue weighted by Crippen LogP contribution is -2.01. The molecule has 0 aliphatic carbocycles. The SMILES string of the molecule is COc1ccsc1C(O)Cc1cccnc1. The molecule has 0 aromatic carbocycles. The largest absolute Gasteiger partial charge is 0.495 e. The van der Waals surface area contributed by atoms with Crippen molar-refractivity contribution in [1.82, 2.24) is 4.98 Å². The molecule has 16 heavy (non-hydrogen) atoms. The Hall–Kier alpha value is -1.39. The standard InChI is InChI=1S/C12H13NO2S/c1-15-11-4-6-16-12(11)10(14)7-9-3-2-5-13-8-9/h2-6,8,10,14H,7H2,1H3. The van der Waals surface area contributed by atoms with E-state index < -0.39 is 6.10 Å². The average Bonchev–Trinajstić information content (AvgIpc) is 2.78. The van der Waals surface area contributed by atoms with Crippen molar-refractivity contribution < 1.29 is 9.84 Å². The van der Waals surface area contributed by atoms with Gasteiger partial charge in [-0.2, -0.15) is 0 Å². The fraction of sp³-hybridized carbons (Fsp3) is 0.250. The Balaban J connectivity index is 2.11. The Labute approximate surface area is 98.4 Å². The van der Waals surface area contributed by atoms with Crippen LogP contribution >= 0.6 is 11.3 Å². The van der Waals surface area contributed by atoms with Crippen LogP contribution in [0.1, 0.15) is 16.5 Å². The molecule has 0 bridgehead atoms. The molecule has 2 heterocycles. The van der Waals surface area contributed by atoms with Crippen LogP contribution in [-0.2, 0) is 6.42 Å². The third-order valence-electron chi connectivity index (χ3n) is 2.33. The molecule has 0 saturated carbocycles. The summed E-state index contributed by atoms with van der Waals surface area (Å²) in [7, 11) is 1.61. The Morgan fingerprint density at radius 3 is 3.06 bits per heavy atom. The zero-order chi connectivity index (χ0) is 11.4. The molecule has 0 radical (unpaired) electrons. The van der Waals surface area contributed by atoms with Gasteiger partial charge in [-0.05, 0) is 23.1 Å². The molecule has 1 unspecified atom stereocenters. The van der Waals surface area contributed by atoms with E-state index in [1.165, 1.54) is 11.3 Å². The van der Waals surface area contributed by atoms with E-state index in [4.69, 9.17) is 4.74 Å². The molecule has 0 amide bonds. The number of aliphatic hydroxyl groups excluding tert-OH is 1. The highest BCUT2D eigenvalue weighted by Gasteiger charge is 2.15. The molecular weight excluding hydrogens is 222 g/mol. The number of nitrogens with zero attached hydrogens (tertiary/aromatic N) is 1. The average molecular weight is 235 g/mol. The van der Waals surface area contributed by atoms with E-state index in [0.717, 1.165) is 16.2 Å². The molecule has 0 aliphatic heterocycles. The van der Waals surface area contributed by atoms with E-state index >= 15 is 0 Å². The van der Waals surface area contributed by atoms with Crippen molar-refractivity contribution >= 4 is 11.3 Å². The molecule has 84 valence electrons. The van der Waals surface area contributed by atoms with Crippen LogP contribution in [0.2, 0.25) is 0 Å². The molecule has 0 fully saturated rings. The van der Waals surface area contributed by atoms with E-state index in [2.05, 4.69) is 4.98 Å². The quantitative estimate of drug-likeness (QED) is 0.885. The van der Waals surface area contributed by atoms with Gasteiger partial charge in [0, 0.05) is 18.8 Å². The molecule has 0 spiro atoms. The highest BCUT2D eigenvalue weighted by atomic mass is 32.1. The van der Waals surface area contributed by atoms with E-state index in [-0.39, 0.29) is 0 Å². The van der Waals surface area contributed by atoms with Gasteiger partial charge in [-0.1, -0.05) is 6.07 Å². The molecule has 3 nitrogen and oxygen atoms in total. The summed E-state index contributed by atoms with van der Waals surface area (Å²) in [6, 6.07) is 5.69. The molecule has 1 N–H and O–H groups in total. The molecule has 2 aromatic heterocycles. The van der Waals surface area contributed by atoms with Gasteiger partial charge in [0.2, 0.25) is 0 Å². The van der Waals surface area contributed by atoms with E-state index in [1.54, 1.807) is 19.5 Å². The maximum atomic E-state index is 10.1. The van der Waals surface area contributed by atoms with E-state index in [9.17, 15) is 5.11 Å². The van der Waals surface area contributed by atoms with Gasteiger partial charge in [0.15, 0.2) is 0 Å². The summed E-state index contributed by atoms with van der Waals surface area (Å²) in [4.78, 5) is 4.89. The van der Waals surface area contributed by atoms with Gasteiger partial charge in [0.25, 0.3) is 0 Å². The second-order valence-electron chi connectivity index (χ2n) is 3.43. The van der Waals surface area contributed by atoms with Crippen molar-refractivity contribution in [1.29, 1.82) is 0 Å². The van der Waals surface area contributed by atoms with Crippen LogP contribution in [0.5, 0.6) is 5.75 Å². The van der Waals surface area contributed by atoms with Gasteiger partial charge in [-0.25, -0.2) is 0 Å². The Bertz CT molecular complexity index is 441. The van der Waals surface area contributed by atoms with Crippen molar-refractivity contribution in [2.45, 2.75) is 12.5 Å². The number of hydrogen-bond donors (Lipinski definition) is 1. The highest BCUT2D eigenvalue weighted by molar-refractivity contribution is 7.10. The predicted octanol–water partition coefficient (Wildman–Crippen LogP) is 2.43. The normalized spacial score (nSPS) is 12.4. The third-order valence-corrected chi connectivity index (χ3v) is 3.33. The molecule has 4 heteroatoms. The van der Waals surface area contributed by atoms with Crippen molar-refractivity contribution in [3.63, 3.8) is 0 Å². The minimum absolute atomic E-state index is 0.529. The Morgan fingerprint density at radius 2 is 2.38 bits per heavy atom. The van der Waals surface area contributed by atoms with Crippen LogP contribution in [0.3, 0.4) is 0 Å². The monoisotopic (exact) mass is 235 g/mol. The summed E-state index contributed by atoms with van der Waals surface area (Å²) >= 11 is 1.51. The van der Waals surface area contributed by atoms with Crippen LogP contribution in [0.4, 0.5) is 0 Å². The number of thiophene rings is 1. The number of pyridine rings is 1. The molecule has 1 atom stereocenters. The fourth-order valence-corrected chi connectivity index (χ4v) is 2.40. The van der Waals surface area contributed by atoms with Gasteiger partial charge in [-0.3, -0.25) is 4.98 Å². The van der Waals surface area contributed by atoms with Crippen molar-refractivity contribution in [3.8, 4) is 5.75 Å². The van der Waals surface area contributed by atoms with Gasteiger partial charge >= 0.3 is 0 Å². The number of rotatable bonds is 4. The van der Waals surface area contributed by atoms with Crippen molar-refractivity contribution in [2.24, 2.45) is 0 Å². The number of aliphatic hydroxyl groups is 1. The van der Waals surface area contributed by atoms with Crippen LogP contribution in [0.25, 0.3) is 0 Å². The van der Waals surface area contributed by atoms with Crippen molar-refractivity contribution in [3.05, 3.63) is 46.4 Å². The van der Waals surface area contributed by atoms with E-state index in [0.29, 0.717) is 6.42 Å². The summed E-state index contributed by atoms with van der Waals surface area (Å²) in [5.74, 6) is 0.751. The van der Waals surface area contributed by atoms with Crippen molar-refractivity contribution in [2.75, 3.05) is 7.11 Å². The highest BCUT2D eigenvalue weighted by Crippen LogP contribution is 2.32. The van der Waals surface area contributed by atoms with Crippen LogP contribution in [-0.4, -0.2) is 17.2 Å². The van der Waals surface area contributed by atoms with Gasteiger partial charge in [0.1, 0.15) is 5.75 Å². The first-order chi connectivity index (χ1) is 7.81. The van der Waals surface area contributed by atoms with Crippen LogP contribution in [0.15, 0.2) is 36.0 Å². The lowest BCUT2D eigenvalue weighted by atomic mass is 10.1. The Kier molecular flexibility index (Phi) is 3.54. The minimum Gasteiger partial charge on any atom is -0.495 e. The second-order valence-corrected chi connectivity index (χ2v) is 4.38. The third kappa shape index (κ3) is 2.40. The molecule has 0 saturated heterocycles. The van der Waals surface area contributed by atoms with Gasteiger partial charge in [0.05, 0.1) is 18.1 Å². The molecular formula is C12H13NO2S. The minimum atomic E-state index is -0.529. The smallest absolute Gasteiger partial charge is 0.135 e. The zero-order valence-corrected chi connectivity index (χ0v) is 9.78. The van der Waals surface area contributed by atoms with Gasteiger partial charge < -0.3 is 9.84 Å². The molecule has 0 aliphatic rings. The summed E-state index contributed by atoms with van der Waals surface area (Å²) in [5.41, 5.74) is 1.02. The topological polar surface area (TPSA) is 42.4 Å². The first kappa shape index (κ1) is 11.1. The summed E-state index contributed by atoms with van der Waals surface area (Å²) < 4.78 is 5.18. The van der Waals surface area contributed by atoms with Crippen LogP contribution < -0.4 is 4.74 Å². The zero-order valence-electron chi connectivity index (χ0n) is 8.96. The second kappa shape index (κ2) is 5.09. The maximum absolute atomic E-state index is 10.1. The summed E-state index contributed by atoms with van der Waals surface area (Å²) in [6.45, 7) is 0. The number of ether oxygens (including phenoxy) is 1. The molecule has 2 aromatic rings. The lowest BCUT2D eigenvalue weighted by molar-refractivity contribution is 0.178. The number of hydrogen-bond acceptors (Lipinski definition) is 4. The predicted molar refractivity (Wildman–Crippen MR) is 63.8 cm³/mol. The maximum Gasteiger partial charge on any atom is 0.135 e. The van der Waals surface area contributed by atoms with Crippen LogP contribution in [0, 0.1) is 0 Å².